The van der Waals surface area contributed by atoms with Crippen LogP contribution >= 0.6 is 24.0 Å². The summed E-state index contributed by atoms with van der Waals surface area (Å²) in [7, 11) is 0. The van der Waals surface area contributed by atoms with Crippen LogP contribution in [-0.2, 0) is 14.4 Å². The van der Waals surface area contributed by atoms with Crippen molar-refractivity contribution in [2.45, 2.75) is 32.7 Å². The lowest BCUT2D eigenvalue weighted by molar-refractivity contribution is -0.142. The number of hydrogen-bond acceptors (Lipinski definition) is 5. The highest BCUT2D eigenvalue weighted by atomic mass is 32.2. The molecule has 1 aromatic carbocycles. The number of thioether (sulfide) groups is 1. The number of amides is 2. The molecule has 1 aromatic rings. The van der Waals surface area contributed by atoms with Gasteiger partial charge in [-0.15, -0.1) is 0 Å². The van der Waals surface area contributed by atoms with Crippen molar-refractivity contribution >= 4 is 52.2 Å². The van der Waals surface area contributed by atoms with Crippen molar-refractivity contribution in [2.24, 2.45) is 0 Å². The van der Waals surface area contributed by atoms with Crippen LogP contribution < -0.4 is 5.32 Å². The van der Waals surface area contributed by atoms with Crippen molar-refractivity contribution in [1.82, 2.24) is 10.2 Å². The Morgan fingerprint density at radius 2 is 2.00 bits per heavy atom. The van der Waals surface area contributed by atoms with Gasteiger partial charge in [0.1, 0.15) is 16.9 Å². The standard InChI is InChI=1S/C20H22N2O4S2/c1-3-7-15(19(25)26)21-17(23)12-22-18(24)16(28-20(22)27)11-13(2)10-14-8-5-4-6-9-14/h4-6,8-11,15H,3,7,12H2,1-2H3,(H,21,23)(H,25,26)/b13-10+,16-11-. The zero-order valence-electron chi connectivity index (χ0n) is 15.7. The van der Waals surface area contributed by atoms with Crippen LogP contribution in [0, 0.1) is 0 Å². The number of nitrogens with zero attached hydrogens (tertiary/aromatic N) is 1. The van der Waals surface area contributed by atoms with Crippen LogP contribution in [0.1, 0.15) is 32.3 Å². The summed E-state index contributed by atoms with van der Waals surface area (Å²) in [5, 5.41) is 11.6. The van der Waals surface area contributed by atoms with Crippen molar-refractivity contribution in [1.29, 1.82) is 0 Å². The highest BCUT2D eigenvalue weighted by Gasteiger charge is 2.34. The minimum Gasteiger partial charge on any atom is -0.480 e. The van der Waals surface area contributed by atoms with Crippen LogP contribution in [0.3, 0.4) is 0 Å². The number of carbonyl (C=O) groups is 3. The predicted molar refractivity (Wildman–Crippen MR) is 115 cm³/mol. The van der Waals surface area contributed by atoms with Gasteiger partial charge in [0.05, 0.1) is 4.91 Å². The van der Waals surface area contributed by atoms with Gasteiger partial charge < -0.3 is 10.4 Å². The van der Waals surface area contributed by atoms with Crippen LogP contribution in [0.4, 0.5) is 0 Å². The SMILES string of the molecule is CCCC(NC(=O)CN1C(=O)/C(=C/C(C)=C/c2ccccc2)SC1=S)C(=O)O. The molecular weight excluding hydrogens is 396 g/mol. The number of rotatable bonds is 8. The normalized spacial score (nSPS) is 17.1. The van der Waals surface area contributed by atoms with Gasteiger partial charge in [-0.2, -0.15) is 0 Å². The minimum atomic E-state index is -1.10. The first-order valence-corrected chi connectivity index (χ1v) is 10.0. The van der Waals surface area contributed by atoms with Crippen molar-refractivity contribution in [3.05, 3.63) is 52.4 Å². The van der Waals surface area contributed by atoms with Gasteiger partial charge in [-0.1, -0.05) is 73.7 Å². The summed E-state index contributed by atoms with van der Waals surface area (Å²) in [6.45, 7) is 3.42. The molecular formula is C20H22N2O4S2. The second kappa shape index (κ2) is 10.2. The third-order valence-corrected chi connectivity index (χ3v) is 5.32. The smallest absolute Gasteiger partial charge is 0.326 e. The number of benzene rings is 1. The molecule has 0 radical (unpaired) electrons. The second-order valence-corrected chi connectivity index (χ2v) is 7.99. The first kappa shape index (κ1) is 21.8. The third-order valence-electron chi connectivity index (χ3n) is 3.94. The van der Waals surface area contributed by atoms with Gasteiger partial charge in [0, 0.05) is 0 Å². The molecule has 148 valence electrons. The topological polar surface area (TPSA) is 86.7 Å². The van der Waals surface area contributed by atoms with E-state index in [4.69, 9.17) is 17.3 Å². The van der Waals surface area contributed by atoms with E-state index < -0.39 is 17.9 Å². The molecule has 1 fully saturated rings. The van der Waals surface area contributed by atoms with Crippen molar-refractivity contribution < 1.29 is 19.5 Å². The van der Waals surface area contributed by atoms with Crippen molar-refractivity contribution in [3.8, 4) is 0 Å². The Labute approximate surface area is 173 Å². The number of thiocarbonyl (C=S) groups is 1. The maximum absolute atomic E-state index is 12.6. The van der Waals surface area contributed by atoms with E-state index in [2.05, 4.69) is 5.32 Å². The van der Waals surface area contributed by atoms with E-state index in [0.29, 0.717) is 17.7 Å². The molecule has 1 aliphatic rings. The molecule has 8 heteroatoms. The van der Waals surface area contributed by atoms with Gasteiger partial charge in [-0.05, 0) is 30.6 Å². The fourth-order valence-electron chi connectivity index (χ4n) is 2.63. The summed E-state index contributed by atoms with van der Waals surface area (Å²) in [6.07, 6.45) is 4.62. The van der Waals surface area contributed by atoms with Crippen LogP contribution in [-0.4, -0.2) is 44.7 Å². The molecule has 0 bridgehead atoms. The largest absolute Gasteiger partial charge is 0.480 e. The Bertz CT molecular complexity index is 834. The summed E-state index contributed by atoms with van der Waals surface area (Å²) in [4.78, 5) is 37.6. The minimum absolute atomic E-state index is 0.279. The number of hydrogen-bond donors (Lipinski definition) is 2. The van der Waals surface area contributed by atoms with Crippen molar-refractivity contribution in [3.63, 3.8) is 0 Å². The molecule has 2 rings (SSSR count). The Morgan fingerprint density at radius 1 is 1.32 bits per heavy atom. The maximum atomic E-state index is 12.6. The Balaban J connectivity index is 2.05. The van der Waals surface area contributed by atoms with Crippen LogP contribution in [0.15, 0.2) is 46.9 Å². The molecule has 0 aromatic heterocycles. The van der Waals surface area contributed by atoms with Gasteiger partial charge >= 0.3 is 5.97 Å². The third kappa shape index (κ3) is 6.03. The fraction of sp³-hybridized carbons (Fsp3) is 0.300. The summed E-state index contributed by atoms with van der Waals surface area (Å²) >= 11 is 6.35. The molecule has 0 saturated carbocycles. The predicted octanol–water partition coefficient (Wildman–Crippen LogP) is 3.20. The lowest BCUT2D eigenvalue weighted by Crippen LogP contribution is -2.46. The average molecular weight is 419 g/mol. The van der Waals surface area contributed by atoms with E-state index in [1.807, 2.05) is 50.3 Å². The number of carboxylic acids is 1. The zero-order chi connectivity index (χ0) is 20.7. The quantitative estimate of drug-likeness (QED) is 0.498. The van der Waals surface area contributed by atoms with Crippen LogP contribution in [0.25, 0.3) is 6.08 Å². The fourth-order valence-corrected chi connectivity index (χ4v) is 3.93. The molecule has 1 unspecified atom stereocenters. The number of carbonyl (C=O) groups excluding carboxylic acids is 2. The zero-order valence-corrected chi connectivity index (χ0v) is 17.3. The molecule has 6 nitrogen and oxygen atoms in total. The summed E-state index contributed by atoms with van der Waals surface area (Å²) in [5.41, 5.74) is 1.90. The molecule has 28 heavy (non-hydrogen) atoms. The summed E-state index contributed by atoms with van der Waals surface area (Å²) in [6, 6.07) is 8.74. The molecule has 0 spiro atoms. The Morgan fingerprint density at radius 3 is 2.61 bits per heavy atom. The van der Waals surface area contributed by atoms with E-state index in [9.17, 15) is 14.4 Å². The molecule has 2 amide bonds. The lowest BCUT2D eigenvalue weighted by atomic mass is 10.1. The van der Waals surface area contributed by atoms with Gasteiger partial charge in [0.25, 0.3) is 5.91 Å². The Kier molecular flexibility index (Phi) is 7.95. The summed E-state index contributed by atoms with van der Waals surface area (Å²) < 4.78 is 0.279. The monoisotopic (exact) mass is 418 g/mol. The molecule has 1 aliphatic heterocycles. The first-order chi connectivity index (χ1) is 13.3. The molecule has 0 aliphatic carbocycles. The maximum Gasteiger partial charge on any atom is 0.326 e. The van der Waals surface area contributed by atoms with E-state index in [-0.39, 0.29) is 16.8 Å². The van der Waals surface area contributed by atoms with E-state index >= 15 is 0 Å². The number of carboxylic acid groups (broad SMARTS) is 1. The van der Waals surface area contributed by atoms with Crippen molar-refractivity contribution in [2.75, 3.05) is 6.54 Å². The number of nitrogens with one attached hydrogen (secondary N) is 1. The molecule has 1 atom stereocenters. The Hall–Kier alpha value is -2.45. The average Bonchev–Trinajstić information content (AvgIpc) is 2.89. The first-order valence-electron chi connectivity index (χ1n) is 8.82. The molecule has 2 N–H and O–H groups in total. The molecule has 1 saturated heterocycles. The van der Waals surface area contributed by atoms with Gasteiger partial charge in [0.2, 0.25) is 5.91 Å². The summed E-state index contributed by atoms with van der Waals surface area (Å²) in [5.74, 6) is -1.99. The van der Waals surface area contributed by atoms with E-state index in [1.165, 1.54) is 4.90 Å². The molecule has 1 heterocycles. The van der Waals surface area contributed by atoms with E-state index in [0.717, 1.165) is 22.9 Å². The highest BCUT2D eigenvalue weighted by Crippen LogP contribution is 2.31. The number of aliphatic carboxylic acids is 1. The van der Waals surface area contributed by atoms with Crippen LogP contribution in [0.5, 0.6) is 0 Å². The lowest BCUT2D eigenvalue weighted by Gasteiger charge is -2.17. The number of allylic oxidation sites excluding steroid dienone is 2. The van der Waals surface area contributed by atoms with E-state index in [1.54, 1.807) is 6.08 Å². The van der Waals surface area contributed by atoms with Gasteiger partial charge in [0.15, 0.2) is 0 Å². The van der Waals surface area contributed by atoms with Crippen LogP contribution in [0.2, 0.25) is 0 Å². The second-order valence-electron chi connectivity index (χ2n) is 6.31. The van der Waals surface area contributed by atoms with Gasteiger partial charge in [-0.3, -0.25) is 14.5 Å². The highest BCUT2D eigenvalue weighted by molar-refractivity contribution is 8.26. The van der Waals surface area contributed by atoms with Gasteiger partial charge in [-0.25, -0.2) is 4.79 Å².